The Morgan fingerprint density at radius 1 is 1.19 bits per heavy atom. The average Bonchev–Trinajstić information content (AvgIpc) is 2.45. The van der Waals surface area contributed by atoms with Crippen LogP contribution in [0.4, 0.5) is 11.4 Å². The second-order valence-electron chi connectivity index (χ2n) is 5.60. The zero-order valence-electron chi connectivity index (χ0n) is 11.9. The number of halogens is 1. The molecular weight excluding hydrogens is 326 g/mol. The van der Waals surface area contributed by atoms with Crippen LogP contribution in [0.2, 0.25) is 0 Å². The summed E-state index contributed by atoms with van der Waals surface area (Å²) in [5, 5.41) is 7.89. The Labute approximate surface area is 133 Å². The Hall–Kier alpha value is -1.81. The molecule has 0 fully saturated rings. The molecule has 0 aromatic heterocycles. The highest BCUT2D eigenvalue weighted by molar-refractivity contribution is 9.10. The van der Waals surface area contributed by atoms with Crippen molar-refractivity contribution in [3.8, 4) is 0 Å². The van der Waals surface area contributed by atoms with Gasteiger partial charge in [-0.2, -0.15) is 0 Å². The molecule has 2 aromatic carbocycles. The lowest BCUT2D eigenvalue weighted by molar-refractivity contribution is 0.562. The molecule has 1 unspecified atom stereocenters. The van der Waals surface area contributed by atoms with Crippen molar-refractivity contribution in [3.05, 3.63) is 58.1 Å². The van der Waals surface area contributed by atoms with Crippen LogP contribution in [0.5, 0.6) is 0 Å². The quantitative estimate of drug-likeness (QED) is 0.638. The SMILES string of the molecule is CC1Cc2ccccc2N(c2cccc(Br)c2C(=N)N)C1. The van der Waals surface area contributed by atoms with Gasteiger partial charge in [0.2, 0.25) is 0 Å². The number of para-hydroxylation sites is 1. The van der Waals surface area contributed by atoms with E-state index in [2.05, 4.69) is 52.0 Å². The lowest BCUT2D eigenvalue weighted by Crippen LogP contribution is -2.32. The van der Waals surface area contributed by atoms with Crippen LogP contribution in [0.25, 0.3) is 0 Å². The Morgan fingerprint density at radius 2 is 1.90 bits per heavy atom. The smallest absolute Gasteiger partial charge is 0.126 e. The molecule has 0 spiro atoms. The van der Waals surface area contributed by atoms with Crippen LogP contribution < -0.4 is 10.6 Å². The van der Waals surface area contributed by atoms with Gasteiger partial charge in [-0.05, 0) is 52.0 Å². The van der Waals surface area contributed by atoms with E-state index in [0.29, 0.717) is 5.92 Å². The van der Waals surface area contributed by atoms with Crippen molar-refractivity contribution >= 4 is 33.1 Å². The zero-order valence-corrected chi connectivity index (χ0v) is 13.5. The summed E-state index contributed by atoms with van der Waals surface area (Å²) in [4.78, 5) is 2.28. The Kier molecular flexibility index (Phi) is 3.72. The number of hydrogen-bond donors (Lipinski definition) is 2. The van der Waals surface area contributed by atoms with Gasteiger partial charge in [0, 0.05) is 16.7 Å². The van der Waals surface area contributed by atoms with E-state index in [1.807, 2.05) is 18.2 Å². The van der Waals surface area contributed by atoms with Crippen molar-refractivity contribution in [2.75, 3.05) is 11.4 Å². The lowest BCUT2D eigenvalue weighted by atomic mass is 9.93. The Balaban J connectivity index is 2.18. The van der Waals surface area contributed by atoms with Crippen LogP contribution in [0.15, 0.2) is 46.9 Å². The number of benzene rings is 2. The van der Waals surface area contributed by atoms with Gasteiger partial charge in [0.1, 0.15) is 5.84 Å². The predicted molar refractivity (Wildman–Crippen MR) is 91.5 cm³/mol. The summed E-state index contributed by atoms with van der Waals surface area (Å²) < 4.78 is 0.864. The van der Waals surface area contributed by atoms with E-state index in [1.54, 1.807) is 0 Å². The van der Waals surface area contributed by atoms with E-state index in [0.717, 1.165) is 28.7 Å². The summed E-state index contributed by atoms with van der Waals surface area (Å²) in [7, 11) is 0. The van der Waals surface area contributed by atoms with Crippen LogP contribution in [0, 0.1) is 11.3 Å². The molecule has 1 atom stereocenters. The number of amidine groups is 1. The molecule has 0 aliphatic carbocycles. The number of nitrogens with zero attached hydrogens (tertiary/aromatic N) is 1. The largest absolute Gasteiger partial charge is 0.384 e. The monoisotopic (exact) mass is 343 g/mol. The molecule has 0 saturated carbocycles. The number of anilines is 2. The van der Waals surface area contributed by atoms with Gasteiger partial charge in [-0.15, -0.1) is 0 Å². The molecule has 2 aromatic rings. The number of nitrogens with two attached hydrogens (primary N) is 1. The fraction of sp³-hybridized carbons (Fsp3) is 0.235. The fourth-order valence-corrected chi connectivity index (χ4v) is 3.60. The summed E-state index contributed by atoms with van der Waals surface area (Å²) in [6, 6.07) is 14.4. The molecule has 21 heavy (non-hydrogen) atoms. The van der Waals surface area contributed by atoms with Crippen LogP contribution in [0.3, 0.4) is 0 Å². The van der Waals surface area contributed by atoms with Crippen molar-refractivity contribution in [1.82, 2.24) is 0 Å². The summed E-state index contributed by atoms with van der Waals surface area (Å²) in [6.07, 6.45) is 1.09. The Bertz CT molecular complexity index is 696. The number of hydrogen-bond acceptors (Lipinski definition) is 2. The molecule has 3 rings (SSSR count). The molecule has 4 heteroatoms. The molecule has 0 bridgehead atoms. The summed E-state index contributed by atoms with van der Waals surface area (Å²) in [5.41, 5.74) is 10.1. The normalized spacial score (nSPS) is 17.4. The van der Waals surface area contributed by atoms with E-state index in [4.69, 9.17) is 11.1 Å². The second kappa shape index (κ2) is 5.53. The topological polar surface area (TPSA) is 53.1 Å². The van der Waals surface area contributed by atoms with Gasteiger partial charge in [0.25, 0.3) is 0 Å². The molecule has 0 amide bonds. The molecule has 108 valence electrons. The fourth-order valence-electron chi connectivity index (χ4n) is 3.03. The van der Waals surface area contributed by atoms with Crippen molar-refractivity contribution in [2.24, 2.45) is 11.7 Å². The van der Waals surface area contributed by atoms with Crippen molar-refractivity contribution in [1.29, 1.82) is 5.41 Å². The van der Waals surface area contributed by atoms with Crippen LogP contribution in [-0.4, -0.2) is 12.4 Å². The Morgan fingerprint density at radius 3 is 2.67 bits per heavy atom. The minimum absolute atomic E-state index is 0.0909. The molecular formula is C17H18BrN3. The second-order valence-corrected chi connectivity index (χ2v) is 6.45. The zero-order chi connectivity index (χ0) is 15.0. The number of fused-ring (bicyclic) bond motifs is 1. The third-order valence-corrected chi connectivity index (χ3v) is 4.56. The molecule has 1 heterocycles. The van der Waals surface area contributed by atoms with Crippen LogP contribution >= 0.6 is 15.9 Å². The van der Waals surface area contributed by atoms with Crippen molar-refractivity contribution in [2.45, 2.75) is 13.3 Å². The van der Waals surface area contributed by atoms with E-state index in [-0.39, 0.29) is 5.84 Å². The third-order valence-electron chi connectivity index (χ3n) is 3.90. The van der Waals surface area contributed by atoms with Gasteiger partial charge in [-0.3, -0.25) is 5.41 Å². The van der Waals surface area contributed by atoms with Crippen LogP contribution in [-0.2, 0) is 6.42 Å². The average molecular weight is 344 g/mol. The molecule has 3 nitrogen and oxygen atoms in total. The van der Waals surface area contributed by atoms with Gasteiger partial charge < -0.3 is 10.6 Å². The number of nitrogens with one attached hydrogen (secondary N) is 1. The van der Waals surface area contributed by atoms with Crippen molar-refractivity contribution < 1.29 is 0 Å². The molecule has 0 radical (unpaired) electrons. The van der Waals surface area contributed by atoms with E-state index in [9.17, 15) is 0 Å². The van der Waals surface area contributed by atoms with E-state index >= 15 is 0 Å². The van der Waals surface area contributed by atoms with E-state index in [1.165, 1.54) is 11.3 Å². The molecule has 0 saturated heterocycles. The maximum absolute atomic E-state index is 7.89. The maximum Gasteiger partial charge on any atom is 0.126 e. The van der Waals surface area contributed by atoms with Gasteiger partial charge in [-0.1, -0.05) is 31.2 Å². The lowest BCUT2D eigenvalue weighted by Gasteiger charge is -2.36. The summed E-state index contributed by atoms with van der Waals surface area (Å²) in [5.74, 6) is 0.659. The predicted octanol–water partition coefficient (Wildman–Crippen LogP) is 4.06. The highest BCUT2D eigenvalue weighted by Gasteiger charge is 2.25. The maximum atomic E-state index is 7.89. The van der Waals surface area contributed by atoms with Gasteiger partial charge in [0.15, 0.2) is 0 Å². The minimum Gasteiger partial charge on any atom is -0.384 e. The van der Waals surface area contributed by atoms with Crippen molar-refractivity contribution in [3.63, 3.8) is 0 Å². The first kappa shape index (κ1) is 14.1. The standard InChI is InChI=1S/C17H18BrN3/c1-11-9-12-5-2-3-7-14(12)21(10-11)15-8-4-6-13(18)16(15)17(19)20/h2-8,11H,9-10H2,1H3,(H3,19,20). The van der Waals surface area contributed by atoms with Gasteiger partial charge in [-0.25, -0.2) is 0 Å². The first-order valence-electron chi connectivity index (χ1n) is 7.06. The molecule has 1 aliphatic heterocycles. The molecule has 3 N–H and O–H groups in total. The van der Waals surface area contributed by atoms with Crippen LogP contribution in [0.1, 0.15) is 18.1 Å². The highest BCUT2D eigenvalue weighted by Crippen LogP contribution is 2.38. The highest BCUT2D eigenvalue weighted by atomic mass is 79.9. The minimum atomic E-state index is 0.0909. The first-order chi connectivity index (χ1) is 10.1. The van der Waals surface area contributed by atoms with Gasteiger partial charge >= 0.3 is 0 Å². The van der Waals surface area contributed by atoms with Gasteiger partial charge in [0.05, 0.1) is 11.3 Å². The third kappa shape index (κ3) is 2.56. The molecule has 1 aliphatic rings. The summed E-state index contributed by atoms with van der Waals surface area (Å²) >= 11 is 3.52. The summed E-state index contributed by atoms with van der Waals surface area (Å²) in [6.45, 7) is 3.20. The number of nitrogen functional groups attached to an aromatic ring is 1. The first-order valence-corrected chi connectivity index (χ1v) is 7.85. The van der Waals surface area contributed by atoms with E-state index < -0.39 is 0 Å². The number of rotatable bonds is 2.